The lowest BCUT2D eigenvalue weighted by Gasteiger charge is -2.29. The van der Waals surface area contributed by atoms with E-state index in [1.165, 1.54) is 6.07 Å². The quantitative estimate of drug-likeness (QED) is 0.457. The summed E-state index contributed by atoms with van der Waals surface area (Å²) in [6, 6.07) is 8.47. The molecule has 0 saturated carbocycles. The topological polar surface area (TPSA) is 32.3 Å². The van der Waals surface area contributed by atoms with Crippen molar-refractivity contribution in [3.8, 4) is 0 Å². The van der Waals surface area contributed by atoms with E-state index in [9.17, 15) is 18.3 Å². The van der Waals surface area contributed by atoms with Crippen molar-refractivity contribution < 1.29 is 18.3 Å². The Bertz CT molecular complexity index is 1050. The number of benzene rings is 3. The van der Waals surface area contributed by atoms with Gasteiger partial charge in [0, 0.05) is 6.04 Å². The third-order valence-electron chi connectivity index (χ3n) is 5.40. The van der Waals surface area contributed by atoms with Gasteiger partial charge in [-0.2, -0.15) is 13.2 Å². The van der Waals surface area contributed by atoms with Crippen molar-refractivity contribution in [2.45, 2.75) is 37.6 Å². The lowest BCUT2D eigenvalue weighted by atomic mass is 9.88. The Morgan fingerprint density at radius 1 is 0.964 bits per heavy atom. The second kappa shape index (κ2) is 7.38. The molecule has 0 aliphatic carbocycles. The highest BCUT2D eigenvalue weighted by Gasteiger charge is 2.31. The molecule has 28 heavy (non-hydrogen) atoms. The second-order valence-electron chi connectivity index (χ2n) is 7.21. The van der Waals surface area contributed by atoms with Crippen molar-refractivity contribution in [1.29, 1.82) is 0 Å². The average Bonchev–Trinajstić information content (AvgIpc) is 2.67. The maximum atomic E-state index is 13.3. The molecule has 1 fully saturated rings. The normalized spacial score (nSPS) is 19.3. The zero-order chi connectivity index (χ0) is 20.1. The Morgan fingerprint density at radius 3 is 2.39 bits per heavy atom. The SMILES string of the molecule is O[C@@H](c1cc2cc(Cl)c(Cl)cc2c2cc(C(F)(F)F)ccc12)[C@@H]1CCCCN1. The van der Waals surface area contributed by atoms with Crippen molar-refractivity contribution in [2.24, 2.45) is 0 Å². The highest BCUT2D eigenvalue weighted by atomic mass is 35.5. The fraction of sp³-hybridized carbons (Fsp3) is 0.333. The molecule has 3 aromatic carbocycles. The summed E-state index contributed by atoms with van der Waals surface area (Å²) < 4.78 is 39.9. The van der Waals surface area contributed by atoms with E-state index in [0.717, 1.165) is 37.9 Å². The lowest BCUT2D eigenvalue weighted by Crippen LogP contribution is -2.38. The Kier molecular flexibility index (Phi) is 5.21. The largest absolute Gasteiger partial charge is 0.416 e. The van der Waals surface area contributed by atoms with Gasteiger partial charge < -0.3 is 10.4 Å². The van der Waals surface area contributed by atoms with Crippen LogP contribution in [0.1, 0.15) is 36.5 Å². The van der Waals surface area contributed by atoms with Crippen molar-refractivity contribution in [1.82, 2.24) is 5.32 Å². The molecule has 0 unspecified atom stereocenters. The van der Waals surface area contributed by atoms with Gasteiger partial charge in [-0.1, -0.05) is 35.7 Å². The first-order valence-corrected chi connectivity index (χ1v) is 9.85. The summed E-state index contributed by atoms with van der Waals surface area (Å²) in [5, 5.41) is 17.1. The molecule has 148 valence electrons. The fourth-order valence-electron chi connectivity index (χ4n) is 3.97. The van der Waals surface area contributed by atoms with Crippen LogP contribution in [0.3, 0.4) is 0 Å². The highest BCUT2D eigenvalue weighted by Crippen LogP contribution is 2.40. The molecule has 1 saturated heterocycles. The van der Waals surface area contributed by atoms with Crippen molar-refractivity contribution in [2.75, 3.05) is 6.54 Å². The van der Waals surface area contributed by atoms with Gasteiger partial charge in [0.15, 0.2) is 0 Å². The predicted octanol–water partition coefficient (Wildman–Crippen LogP) is 6.49. The minimum absolute atomic E-state index is 0.139. The van der Waals surface area contributed by atoms with Crippen LogP contribution >= 0.6 is 23.2 Å². The molecular weight excluding hydrogens is 410 g/mol. The van der Waals surface area contributed by atoms with E-state index in [1.54, 1.807) is 18.2 Å². The number of aliphatic hydroxyl groups excluding tert-OH is 1. The van der Waals surface area contributed by atoms with Crippen molar-refractivity contribution in [3.05, 3.63) is 57.6 Å². The number of nitrogens with one attached hydrogen (secondary N) is 1. The van der Waals surface area contributed by atoms with Crippen LogP contribution in [0.2, 0.25) is 10.0 Å². The Balaban J connectivity index is 1.99. The minimum atomic E-state index is -4.46. The first kappa shape index (κ1) is 19.8. The summed E-state index contributed by atoms with van der Waals surface area (Å²) in [7, 11) is 0. The molecule has 2 nitrogen and oxygen atoms in total. The minimum Gasteiger partial charge on any atom is -0.387 e. The zero-order valence-electron chi connectivity index (χ0n) is 14.8. The maximum Gasteiger partial charge on any atom is 0.416 e. The summed E-state index contributed by atoms with van der Waals surface area (Å²) in [5.74, 6) is 0. The number of fused-ring (bicyclic) bond motifs is 3. The summed E-state index contributed by atoms with van der Waals surface area (Å²) in [6.07, 6.45) is -2.44. The van der Waals surface area contributed by atoms with Crippen LogP contribution in [-0.2, 0) is 6.18 Å². The average molecular weight is 428 g/mol. The van der Waals surface area contributed by atoms with E-state index < -0.39 is 17.8 Å². The van der Waals surface area contributed by atoms with Crippen LogP contribution in [0, 0.1) is 0 Å². The molecule has 0 bridgehead atoms. The molecule has 1 aliphatic heterocycles. The zero-order valence-corrected chi connectivity index (χ0v) is 16.3. The highest BCUT2D eigenvalue weighted by molar-refractivity contribution is 6.43. The molecular formula is C21H18Cl2F3NO. The van der Waals surface area contributed by atoms with Crippen molar-refractivity contribution >= 4 is 44.7 Å². The van der Waals surface area contributed by atoms with E-state index in [1.807, 2.05) is 0 Å². The third kappa shape index (κ3) is 3.57. The molecule has 7 heteroatoms. The van der Waals surface area contributed by atoms with Gasteiger partial charge in [0.25, 0.3) is 0 Å². The van der Waals surface area contributed by atoms with E-state index >= 15 is 0 Å². The van der Waals surface area contributed by atoms with Crippen LogP contribution in [0.5, 0.6) is 0 Å². The predicted molar refractivity (Wildman–Crippen MR) is 107 cm³/mol. The number of halogens is 5. The molecule has 1 heterocycles. The Labute approximate surface area is 170 Å². The fourth-order valence-corrected chi connectivity index (χ4v) is 4.30. The van der Waals surface area contributed by atoms with Gasteiger partial charge in [0.05, 0.1) is 21.7 Å². The van der Waals surface area contributed by atoms with Gasteiger partial charge in [0.2, 0.25) is 0 Å². The molecule has 2 N–H and O–H groups in total. The van der Waals surface area contributed by atoms with Crippen LogP contribution in [0.25, 0.3) is 21.5 Å². The first-order chi connectivity index (χ1) is 13.3. The molecule has 4 rings (SSSR count). The van der Waals surface area contributed by atoms with E-state index in [2.05, 4.69) is 5.32 Å². The smallest absolute Gasteiger partial charge is 0.387 e. The monoisotopic (exact) mass is 427 g/mol. The van der Waals surface area contributed by atoms with Gasteiger partial charge in [-0.25, -0.2) is 0 Å². The summed E-state index contributed by atoms with van der Waals surface area (Å²) in [6.45, 7) is 0.812. The molecule has 1 aliphatic rings. The molecule has 3 aromatic rings. The summed E-state index contributed by atoms with van der Waals surface area (Å²) in [5.41, 5.74) is -0.149. The summed E-state index contributed by atoms with van der Waals surface area (Å²) >= 11 is 12.3. The number of alkyl halides is 3. The van der Waals surface area contributed by atoms with Gasteiger partial charge in [-0.15, -0.1) is 0 Å². The van der Waals surface area contributed by atoms with Gasteiger partial charge in [-0.05, 0) is 76.8 Å². The van der Waals surface area contributed by atoms with E-state index in [4.69, 9.17) is 23.2 Å². The molecule has 0 spiro atoms. The number of aliphatic hydroxyl groups is 1. The van der Waals surface area contributed by atoms with Crippen LogP contribution < -0.4 is 5.32 Å². The van der Waals surface area contributed by atoms with Crippen molar-refractivity contribution in [3.63, 3.8) is 0 Å². The second-order valence-corrected chi connectivity index (χ2v) is 8.03. The first-order valence-electron chi connectivity index (χ1n) is 9.10. The number of hydrogen-bond donors (Lipinski definition) is 2. The van der Waals surface area contributed by atoms with E-state index in [-0.39, 0.29) is 11.1 Å². The molecule has 2 atom stereocenters. The van der Waals surface area contributed by atoms with Gasteiger partial charge in [0.1, 0.15) is 0 Å². The number of rotatable bonds is 2. The molecule has 0 radical (unpaired) electrons. The summed E-state index contributed by atoms with van der Waals surface area (Å²) in [4.78, 5) is 0. The maximum absolute atomic E-state index is 13.3. The Hall–Kier alpha value is -1.53. The standard InChI is InChI=1S/C21H18Cl2F3NO/c22-17-8-11-7-16(20(28)19-3-1-2-6-27-19)13-5-4-12(21(24,25)26)9-15(13)14(11)10-18(17)23/h4-5,7-10,19-20,27-28H,1-3,6H2/t19-,20-/m0/s1. The van der Waals surface area contributed by atoms with Gasteiger partial charge in [-0.3, -0.25) is 0 Å². The van der Waals surface area contributed by atoms with Crippen LogP contribution in [0.4, 0.5) is 13.2 Å². The van der Waals surface area contributed by atoms with Crippen LogP contribution in [0.15, 0.2) is 36.4 Å². The number of piperidine rings is 1. The van der Waals surface area contributed by atoms with Crippen LogP contribution in [-0.4, -0.2) is 17.7 Å². The number of hydrogen-bond acceptors (Lipinski definition) is 2. The van der Waals surface area contributed by atoms with E-state index in [0.29, 0.717) is 32.1 Å². The van der Waals surface area contributed by atoms with Gasteiger partial charge >= 0.3 is 6.18 Å². The molecule has 0 aromatic heterocycles. The molecule has 0 amide bonds. The Morgan fingerprint density at radius 2 is 1.71 bits per heavy atom. The lowest BCUT2D eigenvalue weighted by molar-refractivity contribution is -0.137. The third-order valence-corrected chi connectivity index (χ3v) is 6.12.